The van der Waals surface area contributed by atoms with Crippen molar-refractivity contribution >= 4 is 5.65 Å². The standard InChI is InChI=1S/C11H15N3/c12-7-3-1-5-10-9-14-8-4-2-6-11(14)13-10/h2,4,6,8-9H,1,3,5,7,12H2. The van der Waals surface area contributed by atoms with Gasteiger partial charge in [0.2, 0.25) is 0 Å². The van der Waals surface area contributed by atoms with E-state index in [1.54, 1.807) is 0 Å². The Morgan fingerprint density at radius 3 is 3.00 bits per heavy atom. The van der Waals surface area contributed by atoms with Gasteiger partial charge in [0.05, 0.1) is 5.69 Å². The fraction of sp³-hybridized carbons (Fsp3) is 0.364. The van der Waals surface area contributed by atoms with Gasteiger partial charge in [-0.15, -0.1) is 0 Å². The van der Waals surface area contributed by atoms with Gasteiger partial charge in [0.1, 0.15) is 5.65 Å². The van der Waals surface area contributed by atoms with Crippen molar-refractivity contribution in [2.75, 3.05) is 6.54 Å². The van der Waals surface area contributed by atoms with Gasteiger partial charge >= 0.3 is 0 Å². The second kappa shape index (κ2) is 4.24. The third kappa shape index (κ3) is 1.93. The Hall–Kier alpha value is -1.35. The molecule has 0 amide bonds. The Bertz CT molecular complexity index is 373. The number of nitrogens with two attached hydrogens (primary N) is 1. The van der Waals surface area contributed by atoms with Crippen LogP contribution >= 0.6 is 0 Å². The molecule has 3 heteroatoms. The molecule has 2 heterocycles. The van der Waals surface area contributed by atoms with Crippen LogP contribution in [0.1, 0.15) is 18.5 Å². The molecular weight excluding hydrogens is 174 g/mol. The van der Waals surface area contributed by atoms with Crippen molar-refractivity contribution in [1.29, 1.82) is 0 Å². The third-order valence-corrected chi connectivity index (χ3v) is 2.30. The highest BCUT2D eigenvalue weighted by Gasteiger charge is 1.99. The number of aromatic nitrogens is 2. The largest absolute Gasteiger partial charge is 0.330 e. The minimum Gasteiger partial charge on any atom is -0.330 e. The van der Waals surface area contributed by atoms with Crippen LogP contribution in [-0.4, -0.2) is 15.9 Å². The minimum absolute atomic E-state index is 0.771. The zero-order valence-corrected chi connectivity index (χ0v) is 8.19. The third-order valence-electron chi connectivity index (χ3n) is 2.30. The molecule has 0 aliphatic rings. The molecule has 0 radical (unpaired) electrons. The monoisotopic (exact) mass is 189 g/mol. The van der Waals surface area contributed by atoms with Crippen molar-refractivity contribution in [2.45, 2.75) is 19.3 Å². The summed E-state index contributed by atoms with van der Waals surface area (Å²) in [4.78, 5) is 4.51. The van der Waals surface area contributed by atoms with E-state index in [4.69, 9.17) is 5.73 Å². The molecule has 0 spiro atoms. The first-order valence-electron chi connectivity index (χ1n) is 5.03. The smallest absolute Gasteiger partial charge is 0.136 e. The van der Waals surface area contributed by atoms with Gasteiger partial charge in [-0.05, 0) is 37.9 Å². The van der Waals surface area contributed by atoms with Gasteiger partial charge < -0.3 is 10.1 Å². The summed E-state index contributed by atoms with van der Waals surface area (Å²) in [6, 6.07) is 6.04. The van der Waals surface area contributed by atoms with Crippen LogP contribution in [0.25, 0.3) is 5.65 Å². The van der Waals surface area contributed by atoms with E-state index in [9.17, 15) is 0 Å². The van der Waals surface area contributed by atoms with E-state index in [0.717, 1.165) is 37.1 Å². The van der Waals surface area contributed by atoms with Gasteiger partial charge in [-0.2, -0.15) is 0 Å². The van der Waals surface area contributed by atoms with Crippen molar-refractivity contribution in [3.05, 3.63) is 36.3 Å². The number of aryl methyl sites for hydroxylation is 1. The quantitative estimate of drug-likeness (QED) is 0.743. The van der Waals surface area contributed by atoms with Crippen molar-refractivity contribution < 1.29 is 0 Å². The van der Waals surface area contributed by atoms with E-state index in [0.29, 0.717) is 0 Å². The maximum absolute atomic E-state index is 5.44. The first-order chi connectivity index (χ1) is 6.90. The number of hydrogen-bond acceptors (Lipinski definition) is 2. The summed E-state index contributed by atoms with van der Waals surface area (Å²) >= 11 is 0. The number of pyridine rings is 1. The number of fused-ring (bicyclic) bond motifs is 1. The zero-order chi connectivity index (χ0) is 9.80. The van der Waals surface area contributed by atoms with Crippen LogP contribution in [0.15, 0.2) is 30.6 Å². The van der Waals surface area contributed by atoms with E-state index in [2.05, 4.69) is 15.6 Å². The maximum Gasteiger partial charge on any atom is 0.136 e. The summed E-state index contributed by atoms with van der Waals surface area (Å²) in [5, 5.41) is 0. The van der Waals surface area contributed by atoms with Gasteiger partial charge in [0, 0.05) is 12.4 Å². The van der Waals surface area contributed by atoms with Gasteiger partial charge in [-0.25, -0.2) is 4.98 Å². The molecule has 0 saturated carbocycles. The molecule has 14 heavy (non-hydrogen) atoms. The lowest BCUT2D eigenvalue weighted by Crippen LogP contribution is -1.98. The molecule has 0 aromatic carbocycles. The van der Waals surface area contributed by atoms with E-state index in [-0.39, 0.29) is 0 Å². The second-order valence-corrected chi connectivity index (χ2v) is 3.44. The molecule has 0 bridgehead atoms. The molecule has 3 nitrogen and oxygen atoms in total. The minimum atomic E-state index is 0.771. The van der Waals surface area contributed by atoms with Crippen LogP contribution in [0.2, 0.25) is 0 Å². The van der Waals surface area contributed by atoms with Gasteiger partial charge in [-0.3, -0.25) is 0 Å². The van der Waals surface area contributed by atoms with E-state index in [1.165, 1.54) is 0 Å². The molecule has 2 aromatic heterocycles. The first-order valence-corrected chi connectivity index (χ1v) is 5.03. The van der Waals surface area contributed by atoms with Crippen molar-refractivity contribution in [2.24, 2.45) is 5.73 Å². The van der Waals surface area contributed by atoms with Crippen LogP contribution in [0.4, 0.5) is 0 Å². The van der Waals surface area contributed by atoms with Crippen LogP contribution in [-0.2, 0) is 6.42 Å². The van der Waals surface area contributed by atoms with Crippen molar-refractivity contribution in [3.63, 3.8) is 0 Å². The summed E-state index contributed by atoms with van der Waals surface area (Å²) in [5.41, 5.74) is 7.62. The van der Waals surface area contributed by atoms with Crippen LogP contribution in [0.3, 0.4) is 0 Å². The fourth-order valence-corrected chi connectivity index (χ4v) is 1.56. The lowest BCUT2D eigenvalue weighted by atomic mass is 10.2. The number of hydrogen-bond donors (Lipinski definition) is 1. The van der Waals surface area contributed by atoms with Crippen LogP contribution in [0, 0.1) is 0 Å². The highest BCUT2D eigenvalue weighted by atomic mass is 15.0. The summed E-state index contributed by atoms with van der Waals surface area (Å²) < 4.78 is 2.05. The molecule has 2 rings (SSSR count). The molecule has 0 saturated heterocycles. The number of unbranched alkanes of at least 4 members (excludes halogenated alkanes) is 1. The SMILES string of the molecule is NCCCCc1cn2ccccc2n1. The van der Waals surface area contributed by atoms with Gasteiger partial charge in [-0.1, -0.05) is 6.07 Å². The Balaban J connectivity index is 2.11. The van der Waals surface area contributed by atoms with Gasteiger partial charge in [0.25, 0.3) is 0 Å². The zero-order valence-electron chi connectivity index (χ0n) is 8.19. The lowest BCUT2D eigenvalue weighted by Gasteiger charge is -1.93. The maximum atomic E-state index is 5.44. The molecule has 74 valence electrons. The predicted molar refractivity (Wildman–Crippen MR) is 57.2 cm³/mol. The molecule has 0 aliphatic carbocycles. The molecule has 0 unspecified atom stereocenters. The lowest BCUT2D eigenvalue weighted by molar-refractivity contribution is 0.735. The molecule has 0 aliphatic heterocycles. The first kappa shape index (κ1) is 9.21. The molecular formula is C11H15N3. The van der Waals surface area contributed by atoms with Crippen LogP contribution < -0.4 is 5.73 Å². The summed E-state index contributed by atoms with van der Waals surface area (Å²) in [5.74, 6) is 0. The highest BCUT2D eigenvalue weighted by molar-refractivity contribution is 5.39. The average Bonchev–Trinajstić information content (AvgIpc) is 2.60. The highest BCUT2D eigenvalue weighted by Crippen LogP contribution is 2.07. The number of imidazole rings is 1. The second-order valence-electron chi connectivity index (χ2n) is 3.44. The molecule has 2 aromatic rings. The van der Waals surface area contributed by atoms with E-state index < -0.39 is 0 Å². The predicted octanol–water partition coefficient (Wildman–Crippen LogP) is 1.62. The van der Waals surface area contributed by atoms with Gasteiger partial charge in [0.15, 0.2) is 0 Å². The molecule has 2 N–H and O–H groups in total. The molecule has 0 fully saturated rings. The fourth-order valence-electron chi connectivity index (χ4n) is 1.56. The van der Waals surface area contributed by atoms with Crippen LogP contribution in [0.5, 0.6) is 0 Å². The van der Waals surface area contributed by atoms with Crippen molar-refractivity contribution in [1.82, 2.24) is 9.38 Å². The topological polar surface area (TPSA) is 43.3 Å². The van der Waals surface area contributed by atoms with E-state index >= 15 is 0 Å². The summed E-state index contributed by atoms with van der Waals surface area (Å²) in [7, 11) is 0. The number of rotatable bonds is 4. The Labute approximate surface area is 83.6 Å². The Morgan fingerprint density at radius 1 is 1.29 bits per heavy atom. The van der Waals surface area contributed by atoms with Crippen molar-refractivity contribution in [3.8, 4) is 0 Å². The van der Waals surface area contributed by atoms with E-state index in [1.807, 2.05) is 24.4 Å². The summed E-state index contributed by atoms with van der Waals surface area (Å²) in [6.45, 7) is 0.771. The normalized spacial score (nSPS) is 10.9. The Morgan fingerprint density at radius 2 is 2.21 bits per heavy atom. The molecule has 0 atom stereocenters. The number of nitrogens with zero attached hydrogens (tertiary/aromatic N) is 2. The summed E-state index contributed by atoms with van der Waals surface area (Å²) in [6.07, 6.45) is 7.34. The Kier molecular flexibility index (Phi) is 2.79. The average molecular weight is 189 g/mol.